The van der Waals surface area contributed by atoms with Crippen LogP contribution in [0.2, 0.25) is 0 Å². The predicted molar refractivity (Wildman–Crippen MR) is 100 cm³/mol. The second-order valence-corrected chi connectivity index (χ2v) is 6.29. The van der Waals surface area contributed by atoms with Gasteiger partial charge >= 0.3 is 6.03 Å². The Morgan fingerprint density at radius 3 is 2.62 bits per heavy atom. The molecule has 2 N–H and O–H groups in total. The van der Waals surface area contributed by atoms with Crippen LogP contribution in [-0.4, -0.2) is 15.8 Å². The zero-order valence-corrected chi connectivity index (χ0v) is 15.0. The highest BCUT2D eigenvalue weighted by Gasteiger charge is 2.10. The van der Waals surface area contributed by atoms with Gasteiger partial charge in [0, 0.05) is 24.0 Å². The van der Waals surface area contributed by atoms with Crippen LogP contribution in [-0.2, 0) is 7.05 Å². The molecule has 2 amide bonds. The van der Waals surface area contributed by atoms with Gasteiger partial charge in [0.1, 0.15) is 0 Å². The number of carbonyl (C=O) groups is 1. The molecule has 3 aromatic rings. The minimum Gasteiger partial charge on any atom is -0.308 e. The molecule has 122 valence electrons. The summed E-state index contributed by atoms with van der Waals surface area (Å²) in [5.74, 6) is 0. The standard InChI is InChI=1S/C18H17BrN4O/c1-12-6-3-4-9-16(12)22-18(24)21-14-8-5-7-13(10-14)17-15(19)11-20-23(17)2/h3-11H,1-2H3,(H2,21,22,24). The van der Waals surface area contributed by atoms with E-state index in [0.29, 0.717) is 5.69 Å². The molecule has 0 unspecified atom stereocenters. The summed E-state index contributed by atoms with van der Waals surface area (Å²) in [7, 11) is 1.88. The van der Waals surface area contributed by atoms with E-state index in [-0.39, 0.29) is 6.03 Å². The molecular formula is C18H17BrN4O. The Morgan fingerprint density at radius 2 is 1.92 bits per heavy atom. The average molecular weight is 385 g/mol. The van der Waals surface area contributed by atoms with Gasteiger partial charge < -0.3 is 10.6 Å². The second-order valence-electron chi connectivity index (χ2n) is 5.44. The fourth-order valence-corrected chi connectivity index (χ4v) is 3.05. The van der Waals surface area contributed by atoms with Gasteiger partial charge in [-0.3, -0.25) is 4.68 Å². The third kappa shape index (κ3) is 3.49. The van der Waals surface area contributed by atoms with E-state index in [4.69, 9.17) is 0 Å². The van der Waals surface area contributed by atoms with Crippen molar-refractivity contribution in [1.82, 2.24) is 9.78 Å². The molecule has 0 radical (unpaired) electrons. The summed E-state index contributed by atoms with van der Waals surface area (Å²) in [6.07, 6.45) is 1.75. The Labute approximate surface area is 148 Å². The summed E-state index contributed by atoms with van der Waals surface area (Å²) in [5.41, 5.74) is 4.45. The summed E-state index contributed by atoms with van der Waals surface area (Å²) in [6.45, 7) is 1.95. The van der Waals surface area contributed by atoms with E-state index in [1.165, 1.54) is 0 Å². The molecule has 1 aromatic heterocycles. The van der Waals surface area contributed by atoms with E-state index >= 15 is 0 Å². The zero-order valence-electron chi connectivity index (χ0n) is 13.4. The van der Waals surface area contributed by atoms with Gasteiger partial charge in [0.05, 0.1) is 16.4 Å². The van der Waals surface area contributed by atoms with Gasteiger partial charge in [-0.2, -0.15) is 5.10 Å². The van der Waals surface area contributed by atoms with Crippen LogP contribution in [0.1, 0.15) is 5.56 Å². The van der Waals surface area contributed by atoms with E-state index in [1.807, 2.05) is 62.5 Å². The van der Waals surface area contributed by atoms with Crippen LogP contribution < -0.4 is 10.6 Å². The maximum atomic E-state index is 12.2. The Hall–Kier alpha value is -2.60. The number of nitrogens with one attached hydrogen (secondary N) is 2. The quantitative estimate of drug-likeness (QED) is 0.680. The van der Waals surface area contributed by atoms with E-state index in [0.717, 1.165) is 27.0 Å². The van der Waals surface area contributed by atoms with Crippen molar-refractivity contribution in [2.45, 2.75) is 6.92 Å². The van der Waals surface area contributed by atoms with E-state index in [9.17, 15) is 4.79 Å². The average Bonchev–Trinajstić information content (AvgIpc) is 2.89. The van der Waals surface area contributed by atoms with Gasteiger partial charge in [0.15, 0.2) is 0 Å². The Bertz CT molecular complexity index is 869. The molecule has 0 spiro atoms. The first kappa shape index (κ1) is 16.3. The lowest BCUT2D eigenvalue weighted by Gasteiger charge is -2.11. The largest absolute Gasteiger partial charge is 0.323 e. The van der Waals surface area contributed by atoms with Gasteiger partial charge in [-0.15, -0.1) is 0 Å². The molecule has 6 heteroatoms. The second kappa shape index (κ2) is 6.88. The maximum Gasteiger partial charge on any atom is 0.323 e. The number of benzene rings is 2. The number of carbonyl (C=O) groups excluding carboxylic acids is 1. The molecule has 0 saturated carbocycles. The fourth-order valence-electron chi connectivity index (χ4n) is 2.48. The predicted octanol–water partition coefficient (Wildman–Crippen LogP) is 4.80. The highest BCUT2D eigenvalue weighted by molar-refractivity contribution is 9.10. The van der Waals surface area contributed by atoms with E-state index in [1.54, 1.807) is 10.9 Å². The molecule has 0 fully saturated rings. The number of aromatic nitrogens is 2. The maximum absolute atomic E-state index is 12.2. The van der Waals surface area contributed by atoms with Gasteiger partial charge in [-0.25, -0.2) is 4.79 Å². The van der Waals surface area contributed by atoms with Crippen LogP contribution in [0.15, 0.2) is 59.2 Å². The Morgan fingerprint density at radius 1 is 1.12 bits per heavy atom. The van der Waals surface area contributed by atoms with Crippen LogP contribution in [0.4, 0.5) is 16.2 Å². The third-order valence-corrected chi connectivity index (χ3v) is 4.26. The van der Waals surface area contributed by atoms with Crippen molar-refractivity contribution < 1.29 is 4.79 Å². The van der Waals surface area contributed by atoms with Gasteiger partial charge in [0.25, 0.3) is 0 Å². The van der Waals surface area contributed by atoms with E-state index < -0.39 is 0 Å². The lowest BCUT2D eigenvalue weighted by Crippen LogP contribution is -2.19. The third-order valence-electron chi connectivity index (χ3n) is 3.68. The molecule has 24 heavy (non-hydrogen) atoms. The number of halogens is 1. The smallest absolute Gasteiger partial charge is 0.308 e. The van der Waals surface area contributed by atoms with Crippen molar-refractivity contribution in [2.75, 3.05) is 10.6 Å². The molecule has 5 nitrogen and oxygen atoms in total. The van der Waals surface area contributed by atoms with Crippen molar-refractivity contribution in [2.24, 2.45) is 7.05 Å². The number of rotatable bonds is 3. The Kier molecular flexibility index (Phi) is 4.66. The number of urea groups is 1. The normalized spacial score (nSPS) is 10.5. The SMILES string of the molecule is Cc1ccccc1NC(=O)Nc1cccc(-c2c(Br)cnn2C)c1. The monoisotopic (exact) mass is 384 g/mol. The Balaban J connectivity index is 1.78. The highest BCUT2D eigenvalue weighted by atomic mass is 79.9. The zero-order chi connectivity index (χ0) is 17.1. The van der Waals surface area contributed by atoms with Crippen LogP contribution in [0.3, 0.4) is 0 Å². The van der Waals surface area contributed by atoms with Crippen molar-refractivity contribution in [3.63, 3.8) is 0 Å². The number of amides is 2. The molecule has 0 bridgehead atoms. The number of anilines is 2. The van der Waals surface area contributed by atoms with Crippen LogP contribution in [0.25, 0.3) is 11.3 Å². The first-order valence-corrected chi connectivity index (χ1v) is 8.25. The van der Waals surface area contributed by atoms with Gasteiger partial charge in [-0.1, -0.05) is 30.3 Å². The molecule has 1 heterocycles. The first-order chi connectivity index (χ1) is 11.5. The molecular weight excluding hydrogens is 368 g/mol. The van der Waals surface area contributed by atoms with Gasteiger partial charge in [-0.05, 0) is 46.6 Å². The molecule has 0 saturated heterocycles. The number of hydrogen-bond donors (Lipinski definition) is 2. The molecule has 0 aliphatic rings. The van der Waals surface area contributed by atoms with Crippen LogP contribution >= 0.6 is 15.9 Å². The molecule has 3 rings (SSSR count). The molecule has 2 aromatic carbocycles. The van der Waals surface area contributed by atoms with Crippen molar-refractivity contribution in [3.8, 4) is 11.3 Å². The summed E-state index contributed by atoms with van der Waals surface area (Å²) in [4.78, 5) is 12.2. The van der Waals surface area contributed by atoms with Crippen molar-refractivity contribution >= 4 is 33.3 Å². The van der Waals surface area contributed by atoms with Crippen molar-refractivity contribution in [1.29, 1.82) is 0 Å². The summed E-state index contributed by atoms with van der Waals surface area (Å²) in [6, 6.07) is 15.0. The van der Waals surface area contributed by atoms with Crippen molar-refractivity contribution in [3.05, 3.63) is 64.8 Å². The summed E-state index contributed by atoms with van der Waals surface area (Å²) in [5, 5.41) is 9.94. The molecule has 0 atom stereocenters. The number of nitrogens with zero attached hydrogens (tertiary/aromatic N) is 2. The molecule has 0 aliphatic heterocycles. The highest BCUT2D eigenvalue weighted by Crippen LogP contribution is 2.29. The number of para-hydroxylation sites is 1. The summed E-state index contributed by atoms with van der Waals surface area (Å²) < 4.78 is 2.70. The topological polar surface area (TPSA) is 59.0 Å². The van der Waals surface area contributed by atoms with Crippen LogP contribution in [0, 0.1) is 6.92 Å². The number of aryl methyl sites for hydroxylation is 2. The van der Waals surface area contributed by atoms with Gasteiger partial charge in [0.2, 0.25) is 0 Å². The fraction of sp³-hybridized carbons (Fsp3) is 0.111. The minimum atomic E-state index is -0.273. The van der Waals surface area contributed by atoms with Crippen LogP contribution in [0.5, 0.6) is 0 Å². The van der Waals surface area contributed by atoms with E-state index in [2.05, 4.69) is 31.7 Å². The number of hydrogen-bond acceptors (Lipinski definition) is 2. The molecule has 0 aliphatic carbocycles. The lowest BCUT2D eigenvalue weighted by molar-refractivity contribution is 0.262. The lowest BCUT2D eigenvalue weighted by atomic mass is 10.1. The summed E-state index contributed by atoms with van der Waals surface area (Å²) >= 11 is 3.50. The minimum absolute atomic E-state index is 0.273. The first-order valence-electron chi connectivity index (χ1n) is 7.46.